The Labute approximate surface area is 93.8 Å². The van der Waals surface area contributed by atoms with E-state index in [1.807, 2.05) is 0 Å². The fourth-order valence-electron chi connectivity index (χ4n) is 2.89. The molecule has 2 fully saturated rings. The van der Waals surface area contributed by atoms with Crippen molar-refractivity contribution in [2.24, 2.45) is 5.92 Å². The van der Waals surface area contributed by atoms with Crippen molar-refractivity contribution in [3.63, 3.8) is 0 Å². The van der Waals surface area contributed by atoms with Crippen molar-refractivity contribution in [1.82, 2.24) is 5.32 Å². The van der Waals surface area contributed by atoms with Crippen LogP contribution >= 0.6 is 0 Å². The van der Waals surface area contributed by atoms with E-state index in [-0.39, 0.29) is 0 Å². The lowest BCUT2D eigenvalue weighted by Crippen LogP contribution is -2.29. The quantitative estimate of drug-likeness (QED) is 0.682. The SMILES string of the molecule is C1CCC(COCCNC2CCCC2)C1. The van der Waals surface area contributed by atoms with E-state index in [2.05, 4.69) is 5.32 Å². The summed E-state index contributed by atoms with van der Waals surface area (Å²) in [5.74, 6) is 0.872. The zero-order valence-corrected chi connectivity index (χ0v) is 9.84. The van der Waals surface area contributed by atoms with Crippen LogP contribution in [0.1, 0.15) is 51.4 Å². The lowest BCUT2D eigenvalue weighted by Gasteiger charge is -2.13. The van der Waals surface area contributed by atoms with Gasteiger partial charge in [0.05, 0.1) is 6.61 Å². The third kappa shape index (κ3) is 4.12. The zero-order chi connectivity index (χ0) is 10.3. The second-order valence-corrected chi connectivity index (χ2v) is 5.16. The summed E-state index contributed by atoms with van der Waals surface area (Å²) in [6.45, 7) is 2.97. The van der Waals surface area contributed by atoms with E-state index in [4.69, 9.17) is 4.74 Å². The van der Waals surface area contributed by atoms with Crippen LogP contribution in [0.25, 0.3) is 0 Å². The average molecular weight is 211 g/mol. The first-order valence-corrected chi connectivity index (χ1v) is 6.76. The molecule has 0 aromatic carbocycles. The van der Waals surface area contributed by atoms with Gasteiger partial charge in [-0.05, 0) is 31.6 Å². The van der Waals surface area contributed by atoms with Gasteiger partial charge in [-0.15, -0.1) is 0 Å². The third-order valence-electron chi connectivity index (χ3n) is 3.86. The van der Waals surface area contributed by atoms with Gasteiger partial charge in [0.15, 0.2) is 0 Å². The monoisotopic (exact) mass is 211 g/mol. The van der Waals surface area contributed by atoms with Gasteiger partial charge in [-0.3, -0.25) is 0 Å². The molecule has 2 aliphatic carbocycles. The minimum atomic E-state index is 0.792. The molecule has 0 bridgehead atoms. The summed E-state index contributed by atoms with van der Waals surface area (Å²) in [5.41, 5.74) is 0. The molecule has 0 spiro atoms. The second-order valence-electron chi connectivity index (χ2n) is 5.16. The molecule has 2 rings (SSSR count). The molecule has 0 aromatic heterocycles. The van der Waals surface area contributed by atoms with Crippen LogP contribution < -0.4 is 5.32 Å². The van der Waals surface area contributed by atoms with Crippen molar-refractivity contribution in [2.75, 3.05) is 19.8 Å². The molecule has 0 heterocycles. The molecule has 1 N–H and O–H groups in total. The fraction of sp³-hybridized carbons (Fsp3) is 1.00. The fourth-order valence-corrected chi connectivity index (χ4v) is 2.89. The molecule has 0 aliphatic heterocycles. The van der Waals surface area contributed by atoms with Crippen LogP contribution in [0.5, 0.6) is 0 Å². The van der Waals surface area contributed by atoms with E-state index in [1.165, 1.54) is 51.4 Å². The highest BCUT2D eigenvalue weighted by atomic mass is 16.5. The van der Waals surface area contributed by atoms with Gasteiger partial charge in [0.25, 0.3) is 0 Å². The van der Waals surface area contributed by atoms with Crippen molar-refractivity contribution < 1.29 is 4.74 Å². The lowest BCUT2D eigenvalue weighted by molar-refractivity contribution is 0.101. The first kappa shape index (κ1) is 11.4. The van der Waals surface area contributed by atoms with Gasteiger partial charge in [-0.25, -0.2) is 0 Å². The number of ether oxygens (including phenoxy) is 1. The van der Waals surface area contributed by atoms with Crippen LogP contribution in [0.3, 0.4) is 0 Å². The van der Waals surface area contributed by atoms with Crippen molar-refractivity contribution in [3.05, 3.63) is 0 Å². The number of hydrogen-bond donors (Lipinski definition) is 1. The van der Waals surface area contributed by atoms with Crippen LogP contribution in [-0.2, 0) is 4.74 Å². The largest absolute Gasteiger partial charge is 0.380 e. The predicted molar refractivity (Wildman–Crippen MR) is 63.0 cm³/mol. The molecular formula is C13H25NO. The summed E-state index contributed by atoms with van der Waals surface area (Å²) in [6.07, 6.45) is 11.2. The van der Waals surface area contributed by atoms with Crippen molar-refractivity contribution in [1.29, 1.82) is 0 Å². The highest BCUT2D eigenvalue weighted by Gasteiger charge is 2.15. The maximum absolute atomic E-state index is 5.71. The average Bonchev–Trinajstić information content (AvgIpc) is 2.88. The third-order valence-corrected chi connectivity index (χ3v) is 3.86. The van der Waals surface area contributed by atoms with Crippen LogP contribution in [0.15, 0.2) is 0 Å². The highest BCUT2D eigenvalue weighted by molar-refractivity contribution is 4.73. The molecular weight excluding hydrogens is 186 g/mol. The van der Waals surface area contributed by atoms with Gasteiger partial charge in [0, 0.05) is 19.2 Å². The van der Waals surface area contributed by atoms with E-state index in [9.17, 15) is 0 Å². The maximum atomic E-state index is 5.71. The van der Waals surface area contributed by atoms with Gasteiger partial charge in [0.1, 0.15) is 0 Å². The molecule has 2 saturated carbocycles. The molecule has 2 heteroatoms. The van der Waals surface area contributed by atoms with E-state index in [0.29, 0.717) is 0 Å². The van der Waals surface area contributed by atoms with Gasteiger partial charge >= 0.3 is 0 Å². The summed E-state index contributed by atoms with van der Waals surface area (Å²) in [6, 6.07) is 0.792. The molecule has 0 atom stereocenters. The Bertz CT molecular complexity index is 142. The van der Waals surface area contributed by atoms with Crippen molar-refractivity contribution in [3.8, 4) is 0 Å². The summed E-state index contributed by atoms with van der Waals surface area (Å²) in [5, 5.41) is 3.58. The Hall–Kier alpha value is -0.0800. The number of nitrogens with one attached hydrogen (secondary N) is 1. The van der Waals surface area contributed by atoms with E-state index >= 15 is 0 Å². The minimum Gasteiger partial charge on any atom is -0.380 e. The molecule has 88 valence electrons. The molecule has 0 radical (unpaired) electrons. The molecule has 0 amide bonds. The lowest BCUT2D eigenvalue weighted by atomic mass is 10.1. The molecule has 2 aliphatic rings. The Morgan fingerprint density at radius 3 is 2.33 bits per heavy atom. The normalized spacial score (nSPS) is 24.0. The molecule has 0 unspecified atom stereocenters. The summed E-state index contributed by atoms with van der Waals surface area (Å²) in [7, 11) is 0. The van der Waals surface area contributed by atoms with Gasteiger partial charge in [-0.2, -0.15) is 0 Å². The molecule has 0 aromatic rings. The maximum Gasteiger partial charge on any atom is 0.0591 e. The zero-order valence-electron chi connectivity index (χ0n) is 9.84. The van der Waals surface area contributed by atoms with Crippen LogP contribution in [-0.4, -0.2) is 25.8 Å². The Kier molecular flexibility index (Phi) is 4.94. The van der Waals surface area contributed by atoms with Crippen molar-refractivity contribution in [2.45, 2.75) is 57.4 Å². The molecule has 0 saturated heterocycles. The number of hydrogen-bond acceptors (Lipinski definition) is 2. The van der Waals surface area contributed by atoms with Gasteiger partial charge in [0.2, 0.25) is 0 Å². The van der Waals surface area contributed by atoms with Crippen molar-refractivity contribution >= 4 is 0 Å². The standard InChI is InChI=1S/C13H25NO/c1-2-6-12(5-1)11-15-10-9-14-13-7-3-4-8-13/h12-14H,1-11H2. The van der Waals surface area contributed by atoms with E-state index in [0.717, 1.165) is 31.7 Å². The predicted octanol–water partition coefficient (Wildman–Crippen LogP) is 2.73. The topological polar surface area (TPSA) is 21.3 Å². The van der Waals surface area contributed by atoms with E-state index < -0.39 is 0 Å². The summed E-state index contributed by atoms with van der Waals surface area (Å²) in [4.78, 5) is 0. The van der Waals surface area contributed by atoms with Crippen LogP contribution in [0.4, 0.5) is 0 Å². The minimum absolute atomic E-state index is 0.792. The Balaban J connectivity index is 1.41. The second kappa shape index (κ2) is 6.49. The Morgan fingerprint density at radius 1 is 0.933 bits per heavy atom. The highest BCUT2D eigenvalue weighted by Crippen LogP contribution is 2.24. The summed E-state index contributed by atoms with van der Waals surface area (Å²) >= 11 is 0. The molecule has 2 nitrogen and oxygen atoms in total. The van der Waals surface area contributed by atoms with Crippen LogP contribution in [0.2, 0.25) is 0 Å². The van der Waals surface area contributed by atoms with Gasteiger partial charge in [-0.1, -0.05) is 25.7 Å². The summed E-state index contributed by atoms with van der Waals surface area (Å²) < 4.78 is 5.71. The molecule has 15 heavy (non-hydrogen) atoms. The van der Waals surface area contributed by atoms with E-state index in [1.54, 1.807) is 0 Å². The van der Waals surface area contributed by atoms with Gasteiger partial charge < -0.3 is 10.1 Å². The Morgan fingerprint density at radius 2 is 1.60 bits per heavy atom. The first-order chi connectivity index (χ1) is 7.45. The first-order valence-electron chi connectivity index (χ1n) is 6.76. The van der Waals surface area contributed by atoms with Crippen LogP contribution in [0, 0.1) is 5.92 Å². The number of rotatable bonds is 6. The smallest absolute Gasteiger partial charge is 0.0591 e.